The monoisotopic (exact) mass is 216 g/mol. The number of likely N-dealkylation sites (N-methyl/N-ethyl adjacent to an activating group) is 1. The van der Waals surface area contributed by atoms with Crippen molar-refractivity contribution in [2.45, 2.75) is 39.5 Å². The van der Waals surface area contributed by atoms with E-state index in [1.165, 1.54) is 0 Å². The smallest absolute Gasteiger partial charge is 0.222 e. The van der Waals surface area contributed by atoms with Crippen molar-refractivity contribution < 1.29 is 4.79 Å². The zero-order valence-corrected chi connectivity index (χ0v) is 9.90. The van der Waals surface area contributed by atoms with Gasteiger partial charge >= 0.3 is 0 Å². The lowest BCUT2D eigenvalue weighted by molar-refractivity contribution is -0.130. The van der Waals surface area contributed by atoms with Crippen molar-refractivity contribution >= 4 is 23.1 Å². The van der Waals surface area contributed by atoms with Crippen molar-refractivity contribution in [2.24, 2.45) is 5.73 Å². The van der Waals surface area contributed by atoms with E-state index in [-0.39, 0.29) is 5.91 Å². The highest BCUT2D eigenvalue weighted by atomic mass is 32.1. The summed E-state index contributed by atoms with van der Waals surface area (Å²) in [4.78, 5) is 13.7. The molecular weight excluding hydrogens is 196 g/mol. The van der Waals surface area contributed by atoms with E-state index in [9.17, 15) is 4.79 Å². The Morgan fingerprint density at radius 3 is 2.43 bits per heavy atom. The topological polar surface area (TPSA) is 46.3 Å². The molecule has 0 aromatic rings. The highest BCUT2D eigenvalue weighted by molar-refractivity contribution is 7.80. The van der Waals surface area contributed by atoms with Gasteiger partial charge in [-0.2, -0.15) is 0 Å². The molecule has 14 heavy (non-hydrogen) atoms. The van der Waals surface area contributed by atoms with Gasteiger partial charge in [0, 0.05) is 13.0 Å². The van der Waals surface area contributed by atoms with Gasteiger partial charge in [0.2, 0.25) is 5.91 Å². The highest BCUT2D eigenvalue weighted by Crippen LogP contribution is 2.02. The van der Waals surface area contributed by atoms with Gasteiger partial charge in [-0.1, -0.05) is 32.0 Å². The third kappa shape index (κ3) is 5.91. The third-order valence-corrected chi connectivity index (χ3v) is 2.20. The maximum Gasteiger partial charge on any atom is 0.222 e. The van der Waals surface area contributed by atoms with Crippen LogP contribution >= 0.6 is 12.2 Å². The van der Waals surface area contributed by atoms with Gasteiger partial charge in [-0.05, 0) is 13.3 Å². The second kappa shape index (κ2) is 7.74. The zero-order valence-electron chi connectivity index (χ0n) is 9.08. The number of nitrogens with two attached hydrogens (primary N) is 1. The normalized spacial score (nSPS) is 9.86. The van der Waals surface area contributed by atoms with Crippen molar-refractivity contribution in [1.29, 1.82) is 0 Å². The van der Waals surface area contributed by atoms with Crippen molar-refractivity contribution in [3.8, 4) is 0 Å². The number of hydrogen-bond acceptors (Lipinski definition) is 2. The molecule has 0 bridgehead atoms. The molecule has 0 saturated heterocycles. The summed E-state index contributed by atoms with van der Waals surface area (Å²) in [6.07, 6.45) is 3.82. The van der Waals surface area contributed by atoms with Crippen molar-refractivity contribution in [1.82, 2.24) is 4.90 Å². The average molecular weight is 216 g/mol. The van der Waals surface area contributed by atoms with Crippen LogP contribution in [0.15, 0.2) is 0 Å². The predicted octanol–water partition coefficient (Wildman–Crippen LogP) is 1.70. The van der Waals surface area contributed by atoms with Crippen molar-refractivity contribution in [2.75, 3.05) is 13.1 Å². The molecule has 0 radical (unpaired) electrons. The fourth-order valence-corrected chi connectivity index (χ4v) is 1.40. The molecular formula is C10H20N2OS. The number of nitrogens with zero attached hydrogens (tertiary/aromatic N) is 1. The van der Waals surface area contributed by atoms with Crippen LogP contribution in [0.25, 0.3) is 0 Å². The van der Waals surface area contributed by atoms with Crippen LogP contribution < -0.4 is 5.73 Å². The lowest BCUT2D eigenvalue weighted by Gasteiger charge is -2.19. The van der Waals surface area contributed by atoms with Gasteiger partial charge in [-0.3, -0.25) is 4.79 Å². The van der Waals surface area contributed by atoms with Gasteiger partial charge in [0.25, 0.3) is 0 Å². The number of unbranched alkanes of at least 4 members (excludes halogenated alkanes) is 2. The summed E-state index contributed by atoms with van der Waals surface area (Å²) in [7, 11) is 0. The number of hydrogen-bond donors (Lipinski definition) is 1. The lowest BCUT2D eigenvalue weighted by atomic mass is 10.2. The predicted molar refractivity (Wildman–Crippen MR) is 63.2 cm³/mol. The molecule has 0 unspecified atom stereocenters. The number of rotatable bonds is 7. The maximum absolute atomic E-state index is 11.6. The maximum atomic E-state index is 11.6. The number of thiocarbonyl (C=S) groups is 1. The molecule has 0 spiro atoms. The Kier molecular flexibility index (Phi) is 7.38. The van der Waals surface area contributed by atoms with Crippen LogP contribution in [0.1, 0.15) is 39.5 Å². The van der Waals surface area contributed by atoms with E-state index < -0.39 is 0 Å². The van der Waals surface area contributed by atoms with E-state index in [4.69, 9.17) is 18.0 Å². The number of carbonyl (C=O) groups is 1. The second-order valence-corrected chi connectivity index (χ2v) is 3.86. The summed E-state index contributed by atoms with van der Waals surface area (Å²) < 4.78 is 0. The van der Waals surface area contributed by atoms with E-state index >= 15 is 0 Å². The van der Waals surface area contributed by atoms with Gasteiger partial charge in [0.05, 0.1) is 11.5 Å². The average Bonchev–Trinajstić information content (AvgIpc) is 2.14. The van der Waals surface area contributed by atoms with Crippen LogP contribution in [0.3, 0.4) is 0 Å². The van der Waals surface area contributed by atoms with E-state index in [0.717, 1.165) is 19.3 Å². The van der Waals surface area contributed by atoms with E-state index in [0.29, 0.717) is 24.5 Å². The molecule has 0 aromatic heterocycles. The Morgan fingerprint density at radius 1 is 1.36 bits per heavy atom. The van der Waals surface area contributed by atoms with Crippen LogP contribution in [0.2, 0.25) is 0 Å². The Hall–Kier alpha value is -0.640. The summed E-state index contributed by atoms with van der Waals surface area (Å²) in [6.45, 7) is 5.16. The Morgan fingerprint density at radius 2 is 2.00 bits per heavy atom. The first-order valence-corrected chi connectivity index (χ1v) is 5.58. The van der Waals surface area contributed by atoms with Gasteiger partial charge < -0.3 is 10.6 Å². The van der Waals surface area contributed by atoms with E-state index in [1.807, 2.05) is 6.92 Å². The summed E-state index contributed by atoms with van der Waals surface area (Å²) >= 11 is 4.78. The molecule has 0 atom stereocenters. The van der Waals surface area contributed by atoms with Crippen LogP contribution in [-0.4, -0.2) is 28.9 Å². The lowest BCUT2D eigenvalue weighted by Crippen LogP contribution is -2.37. The number of carbonyl (C=O) groups excluding carboxylic acids is 1. The fourth-order valence-electron chi connectivity index (χ4n) is 1.25. The molecule has 3 nitrogen and oxygen atoms in total. The molecule has 0 fully saturated rings. The van der Waals surface area contributed by atoms with Crippen LogP contribution in [0.4, 0.5) is 0 Å². The first kappa shape index (κ1) is 13.4. The second-order valence-electron chi connectivity index (χ2n) is 3.33. The molecule has 82 valence electrons. The molecule has 0 aliphatic carbocycles. The summed E-state index contributed by atoms with van der Waals surface area (Å²) in [6, 6.07) is 0. The Bertz CT molecular complexity index is 195. The van der Waals surface area contributed by atoms with Gasteiger partial charge in [0.1, 0.15) is 0 Å². The fraction of sp³-hybridized carbons (Fsp3) is 0.800. The summed E-state index contributed by atoms with van der Waals surface area (Å²) in [5, 5.41) is 0. The van der Waals surface area contributed by atoms with Crippen molar-refractivity contribution in [3.63, 3.8) is 0 Å². The minimum absolute atomic E-state index is 0.161. The van der Waals surface area contributed by atoms with Crippen LogP contribution in [0.5, 0.6) is 0 Å². The minimum Gasteiger partial charge on any atom is -0.392 e. The molecule has 0 rings (SSSR count). The molecule has 0 saturated carbocycles. The van der Waals surface area contributed by atoms with Gasteiger partial charge in [-0.25, -0.2) is 0 Å². The van der Waals surface area contributed by atoms with Gasteiger partial charge in [-0.15, -0.1) is 0 Å². The highest BCUT2D eigenvalue weighted by Gasteiger charge is 2.11. The first-order chi connectivity index (χ1) is 6.61. The third-order valence-electron chi connectivity index (χ3n) is 2.08. The van der Waals surface area contributed by atoms with Gasteiger partial charge in [0.15, 0.2) is 0 Å². The largest absolute Gasteiger partial charge is 0.392 e. The molecule has 0 aromatic carbocycles. The van der Waals surface area contributed by atoms with Crippen LogP contribution in [0, 0.1) is 0 Å². The van der Waals surface area contributed by atoms with E-state index in [1.54, 1.807) is 4.90 Å². The summed E-state index contributed by atoms with van der Waals surface area (Å²) in [5.74, 6) is 0.161. The zero-order chi connectivity index (χ0) is 11.0. The molecule has 0 aliphatic rings. The SMILES string of the molecule is CCCCCC(=O)N(CC)CC(N)=S. The molecule has 2 N–H and O–H groups in total. The Labute approximate surface area is 91.6 Å². The quantitative estimate of drug-likeness (QED) is 0.520. The summed E-state index contributed by atoms with van der Waals surface area (Å²) in [5.41, 5.74) is 5.40. The van der Waals surface area contributed by atoms with Crippen molar-refractivity contribution in [3.05, 3.63) is 0 Å². The molecule has 0 heterocycles. The minimum atomic E-state index is 0.161. The first-order valence-electron chi connectivity index (χ1n) is 5.17. The Balaban J connectivity index is 3.85. The van der Waals surface area contributed by atoms with E-state index in [2.05, 4.69) is 6.92 Å². The standard InChI is InChI=1S/C10H20N2OS/c1-3-5-6-7-10(13)12(4-2)8-9(11)14/h3-8H2,1-2H3,(H2,11,14). The molecule has 0 aliphatic heterocycles. The molecule has 1 amide bonds. The van der Waals surface area contributed by atoms with Crippen LogP contribution in [-0.2, 0) is 4.79 Å². The number of amides is 1. The molecule has 4 heteroatoms.